The molecule has 0 amide bonds. The first-order valence-electron chi connectivity index (χ1n) is 8.02. The van der Waals surface area contributed by atoms with Gasteiger partial charge in [0.15, 0.2) is 6.10 Å². The number of carbonyl (C=O) groups is 4. The Morgan fingerprint density at radius 3 is 2.19 bits per heavy atom. The van der Waals surface area contributed by atoms with E-state index in [4.69, 9.17) is 23.7 Å². The summed E-state index contributed by atoms with van der Waals surface area (Å²) in [6.45, 7) is 3.11. The van der Waals surface area contributed by atoms with E-state index in [-0.39, 0.29) is 12.2 Å². The average molecular weight is 381 g/mol. The van der Waals surface area contributed by atoms with Crippen molar-refractivity contribution in [2.75, 3.05) is 6.61 Å². The lowest BCUT2D eigenvalue weighted by molar-refractivity contribution is -0.196. The van der Waals surface area contributed by atoms with E-state index in [1.165, 1.54) is 18.5 Å². The Labute approximate surface area is 154 Å². The number of pyridine rings is 1. The lowest BCUT2D eigenvalue weighted by Crippen LogP contribution is -2.42. The highest BCUT2D eigenvalue weighted by atomic mass is 16.8. The van der Waals surface area contributed by atoms with Gasteiger partial charge in [0.25, 0.3) is 0 Å². The van der Waals surface area contributed by atoms with Crippen molar-refractivity contribution in [3.8, 4) is 0 Å². The lowest BCUT2D eigenvalue weighted by atomic mass is 10.1. The molecule has 1 fully saturated rings. The normalized spacial score (nSPS) is 24.0. The maximum absolute atomic E-state index is 12.1. The number of rotatable bonds is 6. The van der Waals surface area contributed by atoms with Crippen LogP contribution in [0.2, 0.25) is 0 Å². The Hall–Kier alpha value is -3.01. The van der Waals surface area contributed by atoms with Crippen molar-refractivity contribution in [2.24, 2.45) is 0 Å². The minimum absolute atomic E-state index is 0.215. The van der Waals surface area contributed by atoms with Crippen molar-refractivity contribution in [2.45, 2.75) is 45.4 Å². The summed E-state index contributed by atoms with van der Waals surface area (Å²) in [5.74, 6) is -2.72. The van der Waals surface area contributed by atoms with Gasteiger partial charge in [-0.3, -0.25) is 19.4 Å². The van der Waals surface area contributed by atoms with Gasteiger partial charge in [-0.05, 0) is 12.1 Å². The monoisotopic (exact) mass is 381 g/mol. The summed E-state index contributed by atoms with van der Waals surface area (Å²) in [5.41, 5.74) is 0.215. The molecular weight excluding hydrogens is 362 g/mol. The van der Waals surface area contributed by atoms with Crippen molar-refractivity contribution < 1.29 is 42.9 Å². The topological polar surface area (TPSA) is 127 Å². The molecule has 0 N–H and O–H groups in total. The SMILES string of the molecule is CC(=O)OC1O[C@H](COC(=O)c2cccnc2)[C@@H](OC(C)=O)[C@H]1OC(C)=O. The number of aromatic nitrogens is 1. The van der Waals surface area contributed by atoms with Crippen LogP contribution in [0.15, 0.2) is 24.5 Å². The van der Waals surface area contributed by atoms with Crippen molar-refractivity contribution in [3.63, 3.8) is 0 Å². The summed E-state index contributed by atoms with van der Waals surface area (Å²) >= 11 is 0. The number of hydrogen-bond donors (Lipinski definition) is 0. The Morgan fingerprint density at radius 1 is 1.00 bits per heavy atom. The lowest BCUT2D eigenvalue weighted by Gasteiger charge is -2.22. The zero-order chi connectivity index (χ0) is 20.0. The van der Waals surface area contributed by atoms with Crippen molar-refractivity contribution in [1.29, 1.82) is 0 Å². The summed E-state index contributed by atoms with van der Waals surface area (Å²) in [6, 6.07) is 3.08. The van der Waals surface area contributed by atoms with Gasteiger partial charge in [0.05, 0.1) is 5.56 Å². The average Bonchev–Trinajstić information content (AvgIpc) is 2.88. The van der Waals surface area contributed by atoms with Crippen LogP contribution in [0.3, 0.4) is 0 Å². The van der Waals surface area contributed by atoms with Gasteiger partial charge < -0.3 is 23.7 Å². The number of esters is 4. The molecule has 10 nitrogen and oxygen atoms in total. The predicted molar refractivity (Wildman–Crippen MR) is 86.1 cm³/mol. The molecule has 146 valence electrons. The molecule has 27 heavy (non-hydrogen) atoms. The second-order valence-electron chi connectivity index (χ2n) is 5.64. The molecule has 0 spiro atoms. The van der Waals surface area contributed by atoms with E-state index in [0.29, 0.717) is 0 Å². The molecule has 2 heterocycles. The maximum Gasteiger partial charge on any atom is 0.339 e. The van der Waals surface area contributed by atoms with Crippen molar-refractivity contribution >= 4 is 23.9 Å². The van der Waals surface area contributed by atoms with Gasteiger partial charge in [-0.25, -0.2) is 4.79 Å². The fourth-order valence-corrected chi connectivity index (χ4v) is 2.46. The molecule has 1 aromatic heterocycles. The van der Waals surface area contributed by atoms with Crippen LogP contribution in [0.1, 0.15) is 31.1 Å². The van der Waals surface area contributed by atoms with E-state index in [9.17, 15) is 19.2 Å². The Morgan fingerprint density at radius 2 is 1.63 bits per heavy atom. The van der Waals surface area contributed by atoms with E-state index < -0.39 is 48.5 Å². The van der Waals surface area contributed by atoms with Gasteiger partial charge >= 0.3 is 23.9 Å². The summed E-state index contributed by atoms with van der Waals surface area (Å²) in [4.78, 5) is 49.9. The minimum atomic E-state index is -1.31. The van der Waals surface area contributed by atoms with E-state index in [1.54, 1.807) is 6.07 Å². The van der Waals surface area contributed by atoms with Crippen LogP contribution in [0.5, 0.6) is 0 Å². The Kier molecular flexibility index (Phi) is 6.83. The molecule has 1 saturated heterocycles. The molecule has 1 aromatic rings. The highest BCUT2D eigenvalue weighted by Crippen LogP contribution is 2.28. The second-order valence-corrected chi connectivity index (χ2v) is 5.64. The Bertz CT molecular complexity index is 706. The summed E-state index contributed by atoms with van der Waals surface area (Å²) < 4.78 is 25.9. The molecule has 0 bridgehead atoms. The zero-order valence-corrected chi connectivity index (χ0v) is 14.9. The second kappa shape index (κ2) is 9.08. The number of hydrogen-bond acceptors (Lipinski definition) is 10. The molecule has 1 unspecified atom stereocenters. The fraction of sp³-hybridized carbons (Fsp3) is 0.471. The molecular formula is C17H19NO9. The molecule has 1 aliphatic rings. The third-order valence-corrected chi connectivity index (χ3v) is 3.43. The van der Waals surface area contributed by atoms with Crippen LogP contribution in [0, 0.1) is 0 Å². The van der Waals surface area contributed by atoms with E-state index >= 15 is 0 Å². The van der Waals surface area contributed by atoms with Crippen molar-refractivity contribution in [3.05, 3.63) is 30.1 Å². The zero-order valence-electron chi connectivity index (χ0n) is 14.9. The van der Waals surface area contributed by atoms with Crippen LogP contribution in [0.4, 0.5) is 0 Å². The summed E-state index contributed by atoms with van der Waals surface area (Å²) in [6.07, 6.45) is -1.82. The van der Waals surface area contributed by atoms with E-state index in [2.05, 4.69) is 4.98 Å². The molecule has 4 atom stereocenters. The largest absolute Gasteiger partial charge is 0.459 e. The van der Waals surface area contributed by atoms with Crippen LogP contribution < -0.4 is 0 Å². The first-order chi connectivity index (χ1) is 12.8. The maximum atomic E-state index is 12.1. The minimum Gasteiger partial charge on any atom is -0.459 e. The number of ether oxygens (including phenoxy) is 5. The van der Waals surface area contributed by atoms with Crippen molar-refractivity contribution in [1.82, 2.24) is 4.98 Å². The molecule has 0 radical (unpaired) electrons. The highest BCUT2D eigenvalue weighted by molar-refractivity contribution is 5.88. The fourth-order valence-electron chi connectivity index (χ4n) is 2.46. The molecule has 0 saturated carbocycles. The molecule has 2 rings (SSSR count). The molecule has 10 heteroatoms. The molecule has 1 aliphatic heterocycles. The van der Waals surface area contributed by atoms with Crippen LogP contribution in [0.25, 0.3) is 0 Å². The van der Waals surface area contributed by atoms with Crippen LogP contribution >= 0.6 is 0 Å². The summed E-state index contributed by atoms with van der Waals surface area (Å²) in [7, 11) is 0. The van der Waals surface area contributed by atoms with Gasteiger partial charge in [0, 0.05) is 33.2 Å². The number of nitrogens with zero attached hydrogens (tertiary/aromatic N) is 1. The van der Waals surface area contributed by atoms with Gasteiger partial charge in [-0.1, -0.05) is 0 Å². The first kappa shape index (κ1) is 20.3. The van der Waals surface area contributed by atoms with Gasteiger partial charge in [0.2, 0.25) is 12.4 Å². The standard InChI is InChI=1S/C17H19NO9/c1-9(19)24-14-13(8-23-16(22)12-5-4-6-18-7-12)27-17(26-11(3)21)15(14)25-10(2)20/h4-7,13-15,17H,8H2,1-3H3/t13-,14-,15-,17?/m1/s1. The number of carbonyl (C=O) groups excluding carboxylic acids is 4. The summed E-state index contributed by atoms with van der Waals surface area (Å²) in [5, 5.41) is 0. The molecule has 0 aromatic carbocycles. The van der Waals surface area contributed by atoms with E-state index in [1.807, 2.05) is 0 Å². The quantitative estimate of drug-likeness (QED) is 0.504. The Balaban J connectivity index is 2.13. The smallest absolute Gasteiger partial charge is 0.339 e. The van der Waals surface area contributed by atoms with Crippen LogP contribution in [-0.4, -0.2) is 60.1 Å². The molecule has 0 aliphatic carbocycles. The highest BCUT2D eigenvalue weighted by Gasteiger charge is 2.51. The van der Waals surface area contributed by atoms with Crippen LogP contribution in [-0.2, 0) is 38.1 Å². The van der Waals surface area contributed by atoms with E-state index in [0.717, 1.165) is 20.8 Å². The van der Waals surface area contributed by atoms with Gasteiger partial charge in [-0.15, -0.1) is 0 Å². The third kappa shape index (κ3) is 5.74. The third-order valence-electron chi connectivity index (χ3n) is 3.43. The first-order valence-corrected chi connectivity index (χ1v) is 8.02. The van der Waals surface area contributed by atoms with Gasteiger partial charge in [0.1, 0.15) is 12.7 Å². The predicted octanol–water partition coefficient (Wildman–Crippen LogP) is 0.390. The van der Waals surface area contributed by atoms with Gasteiger partial charge in [-0.2, -0.15) is 0 Å².